The number of carbonyl (C=O) groups is 1. The average molecular weight is 366 g/mol. The standard InChI is InChI=1S/C20H22N4OS/c1-12-10-17-22-23-20(24(17)16-5-3-2-4-15(12)16)26-11-18(25)21-19(13-6-7-13)14-8-9-14/h2-5,10,13-14,19H,6-9,11H2,1H3,(H,21,25). The first kappa shape index (κ1) is 16.1. The number of amides is 1. The number of thioether (sulfide) groups is 1. The van der Waals surface area contributed by atoms with E-state index in [-0.39, 0.29) is 5.91 Å². The first-order valence-electron chi connectivity index (χ1n) is 9.36. The summed E-state index contributed by atoms with van der Waals surface area (Å²) >= 11 is 1.47. The summed E-state index contributed by atoms with van der Waals surface area (Å²) in [7, 11) is 0. The van der Waals surface area contributed by atoms with Gasteiger partial charge in [-0.25, -0.2) is 0 Å². The molecule has 3 aromatic rings. The second kappa shape index (κ2) is 6.27. The predicted molar refractivity (Wildman–Crippen MR) is 103 cm³/mol. The zero-order valence-electron chi connectivity index (χ0n) is 14.8. The van der Waals surface area contributed by atoms with Crippen molar-refractivity contribution in [3.05, 3.63) is 35.9 Å². The third kappa shape index (κ3) is 2.96. The molecule has 2 saturated carbocycles. The molecule has 0 atom stereocenters. The summed E-state index contributed by atoms with van der Waals surface area (Å²) in [6.45, 7) is 2.09. The molecule has 0 aliphatic heterocycles. The maximum absolute atomic E-state index is 12.5. The van der Waals surface area contributed by atoms with E-state index in [0.717, 1.165) is 28.2 Å². The average Bonchev–Trinajstić information content (AvgIpc) is 3.56. The molecule has 26 heavy (non-hydrogen) atoms. The number of pyridine rings is 1. The van der Waals surface area contributed by atoms with Crippen molar-refractivity contribution in [1.29, 1.82) is 0 Å². The molecule has 0 saturated heterocycles. The minimum Gasteiger partial charge on any atom is -0.352 e. The smallest absolute Gasteiger partial charge is 0.230 e. The SMILES string of the molecule is Cc1cc2nnc(SCC(=O)NC(C3CC3)C3CC3)n2c2ccccc12. The lowest BCUT2D eigenvalue weighted by atomic mass is 10.1. The van der Waals surface area contributed by atoms with Crippen molar-refractivity contribution < 1.29 is 4.79 Å². The molecule has 2 heterocycles. The number of para-hydroxylation sites is 1. The number of nitrogens with one attached hydrogen (secondary N) is 1. The Balaban J connectivity index is 1.36. The maximum Gasteiger partial charge on any atom is 0.230 e. The van der Waals surface area contributed by atoms with Crippen LogP contribution in [0.15, 0.2) is 35.5 Å². The summed E-state index contributed by atoms with van der Waals surface area (Å²) in [5, 5.41) is 13.9. The van der Waals surface area contributed by atoms with Gasteiger partial charge in [0.1, 0.15) is 0 Å². The fourth-order valence-electron chi connectivity index (χ4n) is 3.86. The Hall–Kier alpha value is -2.08. The number of fused-ring (bicyclic) bond motifs is 3. The highest BCUT2D eigenvalue weighted by molar-refractivity contribution is 7.99. The fraction of sp³-hybridized carbons (Fsp3) is 0.450. The minimum atomic E-state index is 0.118. The Labute approximate surface area is 156 Å². The molecule has 5 rings (SSSR count). The molecular weight excluding hydrogens is 344 g/mol. The molecule has 2 aliphatic rings. The molecule has 0 unspecified atom stereocenters. The number of nitrogens with zero attached hydrogens (tertiary/aromatic N) is 3. The first-order valence-corrected chi connectivity index (χ1v) is 10.3. The summed E-state index contributed by atoms with van der Waals surface area (Å²) in [5.74, 6) is 1.94. The summed E-state index contributed by atoms with van der Waals surface area (Å²) in [4.78, 5) is 12.5. The van der Waals surface area contributed by atoms with Crippen LogP contribution in [-0.4, -0.2) is 32.3 Å². The van der Waals surface area contributed by atoms with Gasteiger partial charge < -0.3 is 5.32 Å². The van der Waals surface area contributed by atoms with Gasteiger partial charge in [-0.15, -0.1) is 10.2 Å². The van der Waals surface area contributed by atoms with Crippen molar-refractivity contribution in [2.24, 2.45) is 11.8 Å². The van der Waals surface area contributed by atoms with Gasteiger partial charge >= 0.3 is 0 Å². The third-order valence-electron chi connectivity index (χ3n) is 5.49. The number of hydrogen-bond acceptors (Lipinski definition) is 4. The van der Waals surface area contributed by atoms with Crippen molar-refractivity contribution in [3.8, 4) is 0 Å². The number of hydrogen-bond donors (Lipinski definition) is 1. The van der Waals surface area contributed by atoms with Gasteiger partial charge in [-0.1, -0.05) is 30.0 Å². The highest BCUT2D eigenvalue weighted by Gasteiger charge is 2.42. The van der Waals surface area contributed by atoms with Crippen molar-refractivity contribution in [2.75, 3.05) is 5.75 Å². The summed E-state index contributed by atoms with van der Waals surface area (Å²) in [6, 6.07) is 10.7. The van der Waals surface area contributed by atoms with Gasteiger partial charge in [-0.2, -0.15) is 0 Å². The van der Waals surface area contributed by atoms with Crippen LogP contribution in [0.4, 0.5) is 0 Å². The van der Waals surface area contributed by atoms with Crippen LogP contribution >= 0.6 is 11.8 Å². The summed E-state index contributed by atoms with van der Waals surface area (Å²) in [6.07, 6.45) is 5.09. The molecule has 1 aromatic carbocycles. The zero-order chi connectivity index (χ0) is 17.7. The molecule has 134 valence electrons. The van der Waals surface area contributed by atoms with E-state index in [1.165, 1.54) is 48.4 Å². The molecule has 5 nitrogen and oxygen atoms in total. The van der Waals surface area contributed by atoms with E-state index in [0.29, 0.717) is 11.8 Å². The van der Waals surface area contributed by atoms with E-state index < -0.39 is 0 Å². The quantitative estimate of drug-likeness (QED) is 0.678. The molecule has 0 spiro atoms. The first-order chi connectivity index (χ1) is 12.7. The van der Waals surface area contributed by atoms with E-state index in [1.807, 2.05) is 12.1 Å². The molecular formula is C20H22N4OS. The van der Waals surface area contributed by atoms with Gasteiger partial charge in [0.25, 0.3) is 0 Å². The molecule has 1 N–H and O–H groups in total. The van der Waals surface area contributed by atoms with Crippen LogP contribution in [0.1, 0.15) is 31.2 Å². The van der Waals surface area contributed by atoms with Crippen LogP contribution in [0.2, 0.25) is 0 Å². The molecule has 6 heteroatoms. The Kier molecular flexibility index (Phi) is 3.89. The number of aryl methyl sites for hydroxylation is 1. The molecule has 0 radical (unpaired) electrons. The summed E-state index contributed by atoms with van der Waals surface area (Å²) < 4.78 is 2.06. The molecule has 2 fully saturated rings. The monoisotopic (exact) mass is 366 g/mol. The van der Waals surface area contributed by atoms with Gasteiger partial charge in [0, 0.05) is 11.4 Å². The highest BCUT2D eigenvalue weighted by atomic mass is 32.2. The number of aromatic nitrogens is 3. The summed E-state index contributed by atoms with van der Waals surface area (Å²) in [5.41, 5.74) is 3.11. The Bertz CT molecular complexity index is 978. The topological polar surface area (TPSA) is 59.3 Å². The lowest BCUT2D eigenvalue weighted by Crippen LogP contribution is -2.39. The van der Waals surface area contributed by atoms with E-state index >= 15 is 0 Å². The van der Waals surface area contributed by atoms with Gasteiger partial charge in [-0.05, 0) is 62.1 Å². The van der Waals surface area contributed by atoms with Crippen LogP contribution in [0.3, 0.4) is 0 Å². The van der Waals surface area contributed by atoms with Gasteiger partial charge in [-0.3, -0.25) is 9.20 Å². The number of rotatable bonds is 6. The number of benzene rings is 1. The molecule has 0 bridgehead atoms. The second-order valence-corrected chi connectivity index (χ2v) is 8.52. The van der Waals surface area contributed by atoms with Crippen LogP contribution in [0, 0.1) is 18.8 Å². The number of carbonyl (C=O) groups excluding carboxylic acids is 1. The molecule has 1 amide bonds. The van der Waals surface area contributed by atoms with Gasteiger partial charge in [0.15, 0.2) is 10.8 Å². The Morgan fingerprint density at radius 1 is 1.23 bits per heavy atom. The van der Waals surface area contributed by atoms with Gasteiger partial charge in [0.2, 0.25) is 5.91 Å². The van der Waals surface area contributed by atoms with Crippen molar-refractivity contribution in [3.63, 3.8) is 0 Å². The lowest BCUT2D eigenvalue weighted by molar-refractivity contribution is -0.119. The van der Waals surface area contributed by atoms with Crippen LogP contribution in [-0.2, 0) is 4.79 Å². The maximum atomic E-state index is 12.5. The largest absolute Gasteiger partial charge is 0.352 e. The van der Waals surface area contributed by atoms with E-state index in [4.69, 9.17) is 0 Å². The predicted octanol–water partition coefficient (Wildman–Crippen LogP) is 3.59. The van der Waals surface area contributed by atoms with Crippen molar-refractivity contribution >= 4 is 34.2 Å². The second-order valence-electron chi connectivity index (χ2n) is 7.58. The Morgan fingerprint density at radius 3 is 2.69 bits per heavy atom. The van der Waals surface area contributed by atoms with Crippen molar-refractivity contribution in [2.45, 2.75) is 43.8 Å². The zero-order valence-corrected chi connectivity index (χ0v) is 15.6. The van der Waals surface area contributed by atoms with E-state index in [1.54, 1.807) is 0 Å². The van der Waals surface area contributed by atoms with E-state index in [9.17, 15) is 4.79 Å². The molecule has 2 aliphatic carbocycles. The molecule has 2 aromatic heterocycles. The fourth-order valence-corrected chi connectivity index (χ4v) is 4.62. The lowest BCUT2D eigenvalue weighted by Gasteiger charge is -2.17. The van der Waals surface area contributed by atoms with Gasteiger partial charge in [0.05, 0.1) is 11.3 Å². The third-order valence-corrected chi connectivity index (χ3v) is 6.42. The van der Waals surface area contributed by atoms with Crippen LogP contribution in [0.25, 0.3) is 16.6 Å². The van der Waals surface area contributed by atoms with Crippen LogP contribution in [0.5, 0.6) is 0 Å². The minimum absolute atomic E-state index is 0.118. The van der Waals surface area contributed by atoms with E-state index in [2.05, 4.69) is 45.0 Å². The highest BCUT2D eigenvalue weighted by Crippen LogP contribution is 2.44. The van der Waals surface area contributed by atoms with Crippen molar-refractivity contribution in [1.82, 2.24) is 19.9 Å². The Morgan fingerprint density at radius 2 is 1.96 bits per heavy atom. The van der Waals surface area contributed by atoms with Crippen LogP contribution < -0.4 is 5.32 Å². The normalized spacial score (nSPS) is 17.3.